The third-order valence-electron chi connectivity index (χ3n) is 2.85. The SMILES string of the molecule is [B]C(=O)N1[C@@]2(CCN(C)C2)COS1(=O)=O. The molecule has 1 atom stereocenters. The Morgan fingerprint density at radius 1 is 1.53 bits per heavy atom. The Morgan fingerprint density at radius 3 is 2.67 bits per heavy atom. The molecule has 0 aromatic rings. The highest BCUT2D eigenvalue weighted by atomic mass is 32.2. The topological polar surface area (TPSA) is 66.9 Å². The minimum Gasteiger partial charge on any atom is -0.304 e. The zero-order chi connectivity index (χ0) is 11.3. The first-order valence-corrected chi connectivity index (χ1v) is 5.92. The van der Waals surface area contributed by atoms with Crippen LogP contribution in [0.4, 0.5) is 4.79 Å². The summed E-state index contributed by atoms with van der Waals surface area (Å²) in [5, 5.41) is 0. The van der Waals surface area contributed by atoms with E-state index < -0.39 is 21.6 Å². The first-order valence-electron chi connectivity index (χ1n) is 4.55. The number of likely N-dealkylation sites (N-methyl/N-ethyl adjacent to an activating group) is 1. The molecule has 0 aliphatic carbocycles. The maximum atomic E-state index is 11.5. The largest absolute Gasteiger partial charge is 0.364 e. The molecule has 0 N–H and O–H groups in total. The standard InChI is InChI=1S/C7H11BN2O4S/c1-9-3-2-7(4-9)5-14-15(12,13)10(7)6(8)11/h2-5H2,1H3/t7-/m1/s1. The van der Waals surface area contributed by atoms with Gasteiger partial charge in [-0.1, -0.05) is 0 Å². The summed E-state index contributed by atoms with van der Waals surface area (Å²) in [5.41, 5.74) is -0.792. The predicted molar refractivity (Wildman–Crippen MR) is 52.7 cm³/mol. The van der Waals surface area contributed by atoms with Gasteiger partial charge in [-0.2, -0.15) is 8.42 Å². The highest BCUT2D eigenvalue weighted by Gasteiger charge is 2.55. The number of likely N-dealkylation sites (tertiary alicyclic amines) is 1. The second-order valence-electron chi connectivity index (χ2n) is 4.03. The van der Waals surface area contributed by atoms with E-state index in [-0.39, 0.29) is 6.61 Å². The van der Waals surface area contributed by atoms with E-state index in [0.717, 1.165) is 6.54 Å². The molecule has 2 aliphatic heterocycles. The van der Waals surface area contributed by atoms with Crippen molar-refractivity contribution in [2.45, 2.75) is 12.0 Å². The van der Waals surface area contributed by atoms with Gasteiger partial charge < -0.3 is 4.90 Å². The molecule has 82 valence electrons. The number of carbonyl (C=O) groups excluding carboxylic acids is 1. The summed E-state index contributed by atoms with van der Waals surface area (Å²) in [4.78, 5) is 13.1. The number of carbonyl (C=O) groups is 1. The third-order valence-corrected chi connectivity index (χ3v) is 4.28. The Bertz CT molecular complexity index is 398. The van der Waals surface area contributed by atoms with Gasteiger partial charge in [0.25, 0.3) is 0 Å². The molecule has 15 heavy (non-hydrogen) atoms. The van der Waals surface area contributed by atoms with Crippen molar-refractivity contribution in [1.82, 2.24) is 9.21 Å². The molecule has 0 aromatic heterocycles. The van der Waals surface area contributed by atoms with E-state index in [1.165, 1.54) is 0 Å². The lowest BCUT2D eigenvalue weighted by Crippen LogP contribution is -2.51. The van der Waals surface area contributed by atoms with Crippen LogP contribution in [-0.4, -0.2) is 63.6 Å². The van der Waals surface area contributed by atoms with Crippen LogP contribution in [0.5, 0.6) is 0 Å². The van der Waals surface area contributed by atoms with Gasteiger partial charge in [0.2, 0.25) is 7.85 Å². The van der Waals surface area contributed by atoms with E-state index >= 15 is 0 Å². The lowest BCUT2D eigenvalue weighted by Gasteiger charge is -2.29. The van der Waals surface area contributed by atoms with Crippen molar-refractivity contribution in [1.29, 1.82) is 0 Å². The fourth-order valence-electron chi connectivity index (χ4n) is 2.22. The number of rotatable bonds is 0. The normalized spacial score (nSPS) is 35.1. The second-order valence-corrected chi connectivity index (χ2v) is 5.49. The molecule has 2 saturated heterocycles. The van der Waals surface area contributed by atoms with Crippen molar-refractivity contribution in [3.63, 3.8) is 0 Å². The van der Waals surface area contributed by atoms with E-state index in [9.17, 15) is 13.2 Å². The van der Waals surface area contributed by atoms with Gasteiger partial charge in [0, 0.05) is 13.1 Å². The number of hydrogen-bond donors (Lipinski definition) is 0. The average Bonchev–Trinajstić information content (AvgIpc) is 2.55. The van der Waals surface area contributed by atoms with Crippen molar-refractivity contribution in [3.05, 3.63) is 0 Å². The molecule has 2 rings (SSSR count). The highest BCUT2D eigenvalue weighted by Crippen LogP contribution is 2.36. The maximum Gasteiger partial charge on any atom is 0.364 e. The van der Waals surface area contributed by atoms with Crippen LogP contribution in [0.15, 0.2) is 0 Å². The quantitative estimate of drug-likeness (QED) is 0.495. The van der Waals surface area contributed by atoms with Gasteiger partial charge in [-0.15, -0.1) is 0 Å². The molecular weight excluding hydrogens is 219 g/mol. The van der Waals surface area contributed by atoms with Crippen LogP contribution in [0.3, 0.4) is 0 Å². The summed E-state index contributed by atoms with van der Waals surface area (Å²) >= 11 is 0. The lowest BCUT2D eigenvalue weighted by molar-refractivity contribution is 0.191. The zero-order valence-electron chi connectivity index (χ0n) is 8.34. The van der Waals surface area contributed by atoms with Crippen molar-refractivity contribution >= 4 is 24.0 Å². The molecular formula is C7H11BN2O4S. The van der Waals surface area contributed by atoms with Crippen LogP contribution in [0.25, 0.3) is 0 Å². The number of hydrogen-bond acceptors (Lipinski definition) is 5. The molecule has 0 bridgehead atoms. The summed E-state index contributed by atoms with van der Waals surface area (Å²) in [6, 6.07) is 0. The van der Waals surface area contributed by atoms with Crippen LogP contribution >= 0.6 is 0 Å². The second kappa shape index (κ2) is 3.20. The van der Waals surface area contributed by atoms with E-state index in [0.29, 0.717) is 17.3 Å². The van der Waals surface area contributed by atoms with Crippen molar-refractivity contribution in [2.75, 3.05) is 26.7 Å². The Labute approximate surface area is 89.8 Å². The molecule has 1 spiro atoms. The lowest BCUT2D eigenvalue weighted by atomic mass is 9.97. The van der Waals surface area contributed by atoms with E-state index in [1.54, 1.807) is 0 Å². The predicted octanol–water partition coefficient (Wildman–Crippen LogP) is -1.07. The third kappa shape index (κ3) is 1.56. The van der Waals surface area contributed by atoms with Crippen LogP contribution in [0.2, 0.25) is 0 Å². The fraction of sp³-hybridized carbons (Fsp3) is 0.857. The first kappa shape index (κ1) is 10.9. The van der Waals surface area contributed by atoms with Crippen molar-refractivity contribution in [3.8, 4) is 0 Å². The van der Waals surface area contributed by atoms with Crippen molar-refractivity contribution in [2.24, 2.45) is 0 Å². The molecule has 0 aromatic carbocycles. The van der Waals surface area contributed by atoms with E-state index in [2.05, 4.69) is 4.18 Å². The smallest absolute Gasteiger partial charge is 0.304 e. The Balaban J connectivity index is 2.39. The minimum absolute atomic E-state index is 0.00259. The van der Waals surface area contributed by atoms with Crippen LogP contribution < -0.4 is 0 Å². The fourth-order valence-corrected chi connectivity index (χ4v) is 3.59. The summed E-state index contributed by atoms with van der Waals surface area (Å²) in [7, 11) is 2.97. The van der Waals surface area contributed by atoms with Gasteiger partial charge in [0.15, 0.2) is 5.81 Å². The molecule has 2 radical (unpaired) electrons. The molecule has 2 heterocycles. The van der Waals surface area contributed by atoms with Gasteiger partial charge in [0.05, 0.1) is 12.1 Å². The zero-order valence-corrected chi connectivity index (χ0v) is 9.16. The maximum absolute atomic E-state index is 11.5. The molecule has 1 amide bonds. The Morgan fingerprint density at radius 2 is 2.20 bits per heavy atom. The van der Waals surface area contributed by atoms with Crippen LogP contribution in [0, 0.1) is 0 Å². The molecule has 6 nitrogen and oxygen atoms in total. The molecule has 8 heteroatoms. The van der Waals surface area contributed by atoms with Gasteiger partial charge >= 0.3 is 10.3 Å². The minimum atomic E-state index is -3.97. The number of nitrogens with zero attached hydrogens (tertiary/aromatic N) is 2. The molecule has 0 saturated carbocycles. The van der Waals surface area contributed by atoms with Gasteiger partial charge in [0.1, 0.15) is 0 Å². The molecule has 2 fully saturated rings. The van der Waals surface area contributed by atoms with Crippen molar-refractivity contribution < 1.29 is 17.4 Å². The van der Waals surface area contributed by atoms with Crippen LogP contribution in [-0.2, 0) is 14.5 Å². The summed E-state index contributed by atoms with van der Waals surface area (Å²) in [6.45, 7) is 1.19. The monoisotopic (exact) mass is 230 g/mol. The summed E-state index contributed by atoms with van der Waals surface area (Å²) < 4.78 is 28.3. The Hall–Kier alpha value is -0.595. The van der Waals surface area contributed by atoms with Gasteiger partial charge in [-0.3, -0.25) is 8.98 Å². The molecule has 0 unspecified atom stereocenters. The highest BCUT2D eigenvalue weighted by molar-refractivity contribution is 7.85. The van der Waals surface area contributed by atoms with Gasteiger partial charge in [-0.05, 0) is 13.5 Å². The first-order chi connectivity index (χ1) is 6.87. The van der Waals surface area contributed by atoms with Crippen LogP contribution in [0.1, 0.15) is 6.42 Å². The Kier molecular flexibility index (Phi) is 2.32. The van der Waals surface area contributed by atoms with E-state index in [1.807, 2.05) is 11.9 Å². The van der Waals surface area contributed by atoms with E-state index in [4.69, 9.17) is 7.85 Å². The van der Waals surface area contributed by atoms with Gasteiger partial charge in [-0.25, -0.2) is 4.31 Å². The summed E-state index contributed by atoms with van der Waals surface area (Å²) in [6.07, 6.45) is 0.561. The average molecular weight is 230 g/mol. The summed E-state index contributed by atoms with van der Waals surface area (Å²) in [5.74, 6) is -0.970. The molecule has 2 aliphatic rings. The number of amides is 1.